The van der Waals surface area contributed by atoms with Gasteiger partial charge < -0.3 is 0 Å². The first-order chi connectivity index (χ1) is 6.16. The van der Waals surface area contributed by atoms with E-state index in [1.807, 2.05) is 0 Å². The summed E-state index contributed by atoms with van der Waals surface area (Å²) in [6.07, 6.45) is 1.50. The van der Waals surface area contributed by atoms with Crippen LogP contribution < -0.4 is 4.72 Å². The normalized spacial score (nSPS) is 15.4. The van der Waals surface area contributed by atoms with Gasteiger partial charge in [-0.25, -0.2) is 21.6 Å². The number of halogens is 1. The number of rotatable bonds is 6. The van der Waals surface area contributed by atoms with E-state index in [4.69, 9.17) is 0 Å². The molecule has 1 atom stereocenters. The van der Waals surface area contributed by atoms with E-state index in [2.05, 4.69) is 20.7 Å². The molecule has 0 radical (unpaired) electrons. The molecule has 8 heteroatoms. The molecule has 1 N–H and O–H groups in total. The molecule has 86 valence electrons. The van der Waals surface area contributed by atoms with Crippen LogP contribution in [-0.2, 0) is 19.9 Å². The molecule has 0 heterocycles. The van der Waals surface area contributed by atoms with Gasteiger partial charge in [-0.15, -0.1) is 0 Å². The fraction of sp³-hybridized carbons (Fsp3) is 1.00. The Morgan fingerprint density at radius 2 is 1.79 bits per heavy atom. The smallest absolute Gasteiger partial charge is 0.226 e. The summed E-state index contributed by atoms with van der Waals surface area (Å²) < 4.78 is 46.2. The maximum Gasteiger partial charge on any atom is 0.226 e. The second-order valence-corrected chi connectivity index (χ2v) is 8.21. The Balaban J connectivity index is 4.37. The first-order valence-electron chi connectivity index (χ1n) is 3.90. The standard InChI is InChI=1S/C6H14BrNO4S2/c1-6(3-4-7)8-14(11,12)5-13(2,9)10/h6,8H,3-5H2,1-2H3. The summed E-state index contributed by atoms with van der Waals surface area (Å²) in [6, 6.07) is -0.263. The summed E-state index contributed by atoms with van der Waals surface area (Å²) >= 11 is 3.17. The SMILES string of the molecule is CC(CCBr)NS(=O)(=O)CS(C)(=O)=O. The van der Waals surface area contributed by atoms with Crippen LogP contribution in [0.2, 0.25) is 0 Å². The third-order valence-electron chi connectivity index (χ3n) is 1.29. The van der Waals surface area contributed by atoms with Crippen LogP contribution in [0, 0.1) is 0 Å². The summed E-state index contributed by atoms with van der Waals surface area (Å²) in [7, 11) is -7.22. The van der Waals surface area contributed by atoms with Crippen molar-refractivity contribution in [2.45, 2.75) is 19.4 Å². The van der Waals surface area contributed by atoms with Gasteiger partial charge in [0, 0.05) is 17.6 Å². The minimum Gasteiger partial charge on any atom is -0.228 e. The van der Waals surface area contributed by atoms with Crippen molar-refractivity contribution in [2.75, 3.05) is 16.7 Å². The van der Waals surface area contributed by atoms with E-state index in [9.17, 15) is 16.8 Å². The van der Waals surface area contributed by atoms with E-state index >= 15 is 0 Å². The lowest BCUT2D eigenvalue weighted by Crippen LogP contribution is -2.36. The van der Waals surface area contributed by atoms with Crippen LogP contribution in [0.3, 0.4) is 0 Å². The molecule has 0 aliphatic carbocycles. The van der Waals surface area contributed by atoms with E-state index in [-0.39, 0.29) is 6.04 Å². The zero-order chi connectivity index (χ0) is 11.4. The van der Waals surface area contributed by atoms with Gasteiger partial charge in [0.1, 0.15) is 0 Å². The van der Waals surface area contributed by atoms with Crippen molar-refractivity contribution in [3.63, 3.8) is 0 Å². The molecule has 0 fully saturated rings. The Bertz CT molecular complexity index is 361. The molecule has 0 amide bonds. The van der Waals surface area contributed by atoms with E-state index < -0.39 is 24.9 Å². The molecule has 5 nitrogen and oxygen atoms in total. The fourth-order valence-electron chi connectivity index (χ4n) is 0.845. The molecule has 0 aliphatic rings. The average Bonchev–Trinajstić information content (AvgIpc) is 1.78. The Labute approximate surface area is 93.4 Å². The molecule has 0 rings (SSSR count). The molecule has 1 unspecified atom stereocenters. The van der Waals surface area contributed by atoms with Gasteiger partial charge in [0.2, 0.25) is 10.0 Å². The van der Waals surface area contributed by atoms with Crippen molar-refractivity contribution in [2.24, 2.45) is 0 Å². The van der Waals surface area contributed by atoms with E-state index in [0.29, 0.717) is 11.8 Å². The van der Waals surface area contributed by atoms with Gasteiger partial charge in [-0.3, -0.25) is 0 Å². The highest BCUT2D eigenvalue weighted by atomic mass is 79.9. The fourth-order valence-corrected chi connectivity index (χ4v) is 4.79. The molecule has 0 bridgehead atoms. The highest BCUT2D eigenvalue weighted by Gasteiger charge is 2.19. The van der Waals surface area contributed by atoms with Crippen molar-refractivity contribution in [1.29, 1.82) is 0 Å². The predicted molar refractivity (Wildman–Crippen MR) is 59.6 cm³/mol. The summed E-state index contributed by atoms with van der Waals surface area (Å²) in [4.78, 5) is 0. The second kappa shape index (κ2) is 5.43. The second-order valence-electron chi connectivity index (χ2n) is 3.15. The number of sulfonamides is 1. The molecule has 0 saturated heterocycles. The van der Waals surface area contributed by atoms with Gasteiger partial charge in [-0.05, 0) is 13.3 Å². The zero-order valence-corrected chi connectivity index (χ0v) is 11.2. The number of hydrogen-bond donors (Lipinski definition) is 1. The maximum atomic E-state index is 11.2. The van der Waals surface area contributed by atoms with Crippen molar-refractivity contribution < 1.29 is 16.8 Å². The highest BCUT2D eigenvalue weighted by molar-refractivity contribution is 9.09. The Hall–Kier alpha value is 0.340. The van der Waals surface area contributed by atoms with Gasteiger partial charge in [0.25, 0.3) is 0 Å². The van der Waals surface area contributed by atoms with Gasteiger partial charge in [-0.1, -0.05) is 15.9 Å². The van der Waals surface area contributed by atoms with E-state index in [1.54, 1.807) is 6.92 Å². The first kappa shape index (κ1) is 14.3. The minimum absolute atomic E-state index is 0.263. The Morgan fingerprint density at radius 1 is 1.29 bits per heavy atom. The van der Waals surface area contributed by atoms with Crippen LogP contribution in [0.25, 0.3) is 0 Å². The maximum absolute atomic E-state index is 11.2. The van der Waals surface area contributed by atoms with Gasteiger partial charge in [0.15, 0.2) is 14.9 Å². The molecule has 0 aromatic rings. The van der Waals surface area contributed by atoms with Gasteiger partial charge in [-0.2, -0.15) is 0 Å². The van der Waals surface area contributed by atoms with Crippen LogP contribution in [-0.4, -0.2) is 39.5 Å². The van der Waals surface area contributed by atoms with Crippen LogP contribution in [0.15, 0.2) is 0 Å². The predicted octanol–water partition coefficient (Wildman–Crippen LogP) is 0.0814. The Kier molecular flexibility index (Phi) is 5.56. The third kappa shape index (κ3) is 7.72. The molecule has 14 heavy (non-hydrogen) atoms. The molecule has 0 spiro atoms. The van der Waals surface area contributed by atoms with Crippen molar-refractivity contribution in [3.8, 4) is 0 Å². The number of alkyl halides is 1. The highest BCUT2D eigenvalue weighted by Crippen LogP contribution is 1.99. The van der Waals surface area contributed by atoms with Crippen LogP contribution in [0.1, 0.15) is 13.3 Å². The molecule has 0 aliphatic heterocycles. The van der Waals surface area contributed by atoms with Crippen molar-refractivity contribution in [1.82, 2.24) is 4.72 Å². The number of hydrogen-bond acceptors (Lipinski definition) is 4. The van der Waals surface area contributed by atoms with Crippen LogP contribution in [0.4, 0.5) is 0 Å². The summed E-state index contributed by atoms with van der Waals surface area (Å²) in [6.45, 7) is 1.68. The van der Waals surface area contributed by atoms with Crippen LogP contribution in [0.5, 0.6) is 0 Å². The lowest BCUT2D eigenvalue weighted by Gasteiger charge is -2.11. The van der Waals surface area contributed by atoms with Crippen LogP contribution >= 0.6 is 15.9 Å². The lowest BCUT2D eigenvalue weighted by molar-refractivity contribution is 0.559. The Morgan fingerprint density at radius 3 is 2.14 bits per heavy atom. The largest absolute Gasteiger partial charge is 0.228 e. The average molecular weight is 308 g/mol. The third-order valence-corrected chi connectivity index (χ3v) is 5.47. The van der Waals surface area contributed by atoms with Crippen molar-refractivity contribution in [3.05, 3.63) is 0 Å². The molecular formula is C6H14BrNO4S2. The van der Waals surface area contributed by atoms with E-state index in [0.717, 1.165) is 6.26 Å². The molecule has 0 aromatic heterocycles. The summed E-state index contributed by atoms with van der Waals surface area (Å²) in [5.74, 6) is 0. The lowest BCUT2D eigenvalue weighted by atomic mass is 10.3. The number of sulfone groups is 1. The van der Waals surface area contributed by atoms with Gasteiger partial charge >= 0.3 is 0 Å². The van der Waals surface area contributed by atoms with Crippen molar-refractivity contribution >= 4 is 35.8 Å². The molecular weight excluding hydrogens is 294 g/mol. The first-order valence-corrected chi connectivity index (χ1v) is 8.73. The monoisotopic (exact) mass is 307 g/mol. The quantitative estimate of drug-likeness (QED) is 0.705. The zero-order valence-electron chi connectivity index (χ0n) is 8.03. The minimum atomic E-state index is -3.72. The van der Waals surface area contributed by atoms with Gasteiger partial charge in [0.05, 0.1) is 0 Å². The number of nitrogens with one attached hydrogen (secondary N) is 1. The topological polar surface area (TPSA) is 80.3 Å². The van der Waals surface area contributed by atoms with E-state index in [1.165, 1.54) is 0 Å². The molecule has 0 aromatic carbocycles. The molecule has 0 saturated carbocycles. The summed E-state index contributed by atoms with van der Waals surface area (Å²) in [5.41, 5.74) is 0. The summed E-state index contributed by atoms with van der Waals surface area (Å²) in [5, 5.41) is -0.192.